The Hall–Kier alpha value is -1.71. The van der Waals surface area contributed by atoms with E-state index >= 15 is 0 Å². The van der Waals surface area contributed by atoms with Crippen molar-refractivity contribution in [2.75, 3.05) is 33.4 Å². The lowest BCUT2D eigenvalue weighted by atomic mass is 10.0. The molecule has 166 valence electrons. The molecule has 0 atom stereocenters. The summed E-state index contributed by atoms with van der Waals surface area (Å²) in [4.78, 5) is 16.2. The Morgan fingerprint density at radius 2 is 1.72 bits per heavy atom. The molecule has 0 radical (unpaired) electrons. The van der Waals surface area contributed by atoms with Crippen LogP contribution in [0.1, 0.15) is 46.1 Å². The molecule has 0 saturated heterocycles. The lowest BCUT2D eigenvalue weighted by Crippen LogP contribution is -2.39. The molecule has 1 amide bonds. The van der Waals surface area contributed by atoms with Crippen molar-refractivity contribution in [3.63, 3.8) is 0 Å². The minimum absolute atomic E-state index is 0. The molecule has 1 aromatic rings. The zero-order valence-corrected chi connectivity index (χ0v) is 20.7. The van der Waals surface area contributed by atoms with E-state index in [1.165, 1.54) is 0 Å². The summed E-state index contributed by atoms with van der Waals surface area (Å²) < 4.78 is 11.0. The number of amides is 1. The quantitative estimate of drug-likeness (QED) is 0.224. The molecule has 29 heavy (non-hydrogen) atoms. The van der Waals surface area contributed by atoms with Crippen LogP contribution in [0, 0.1) is 5.92 Å². The third-order valence-electron chi connectivity index (χ3n) is 4.44. The van der Waals surface area contributed by atoms with Gasteiger partial charge in [-0.05, 0) is 37.5 Å². The molecular weight excluding hydrogens is 483 g/mol. The van der Waals surface area contributed by atoms with Gasteiger partial charge in [0.05, 0.1) is 13.7 Å². The highest BCUT2D eigenvalue weighted by atomic mass is 127. The van der Waals surface area contributed by atoms with Crippen LogP contribution in [-0.2, 0) is 11.3 Å². The number of ether oxygens (including phenoxy) is 2. The fourth-order valence-electron chi connectivity index (χ4n) is 2.65. The first kappa shape index (κ1) is 27.3. The maximum atomic E-state index is 11.6. The summed E-state index contributed by atoms with van der Waals surface area (Å²) in [6.07, 6.45) is 2.30. The van der Waals surface area contributed by atoms with Crippen LogP contribution in [0.15, 0.2) is 23.2 Å². The molecule has 0 saturated carbocycles. The number of rotatable bonds is 12. The summed E-state index contributed by atoms with van der Waals surface area (Å²) in [6, 6.07) is 5.64. The Bertz CT molecular complexity index is 622. The van der Waals surface area contributed by atoms with Crippen molar-refractivity contribution in [3.05, 3.63) is 23.8 Å². The largest absolute Gasteiger partial charge is 0.493 e. The standard InChI is InChI=1S/C21H36N4O3.HI/c1-6-16(7-2)13-24-21(23-9-4)25-14-17-10-11-18(19(12-17)27-5)28-15-20(26)22-8-3;/h10-12,16H,6-9,13-15H2,1-5H3,(H,22,26)(H2,23,24,25);1H. The first-order valence-electron chi connectivity index (χ1n) is 10.2. The zero-order valence-electron chi connectivity index (χ0n) is 18.3. The van der Waals surface area contributed by atoms with Gasteiger partial charge in [-0.3, -0.25) is 4.79 Å². The van der Waals surface area contributed by atoms with Gasteiger partial charge in [-0.15, -0.1) is 24.0 Å². The topological polar surface area (TPSA) is 84.0 Å². The van der Waals surface area contributed by atoms with Crippen molar-refractivity contribution >= 4 is 35.8 Å². The lowest BCUT2D eigenvalue weighted by Gasteiger charge is -2.16. The Kier molecular flexibility index (Phi) is 15.2. The Morgan fingerprint density at radius 1 is 1.03 bits per heavy atom. The number of nitrogens with zero attached hydrogens (tertiary/aromatic N) is 1. The molecule has 0 aromatic heterocycles. The van der Waals surface area contributed by atoms with Gasteiger partial charge in [-0.2, -0.15) is 0 Å². The van der Waals surface area contributed by atoms with Crippen LogP contribution in [0.5, 0.6) is 11.5 Å². The molecule has 3 N–H and O–H groups in total. The number of methoxy groups -OCH3 is 1. The molecular formula is C21H37IN4O3. The van der Waals surface area contributed by atoms with Gasteiger partial charge in [0.25, 0.3) is 5.91 Å². The Morgan fingerprint density at radius 3 is 2.31 bits per heavy atom. The lowest BCUT2D eigenvalue weighted by molar-refractivity contribution is -0.123. The summed E-state index contributed by atoms with van der Waals surface area (Å²) >= 11 is 0. The molecule has 0 aliphatic heterocycles. The van der Waals surface area contributed by atoms with Crippen LogP contribution >= 0.6 is 24.0 Å². The van der Waals surface area contributed by atoms with Crippen molar-refractivity contribution in [1.29, 1.82) is 0 Å². The highest BCUT2D eigenvalue weighted by Crippen LogP contribution is 2.28. The fourth-order valence-corrected chi connectivity index (χ4v) is 2.65. The minimum Gasteiger partial charge on any atom is -0.493 e. The number of nitrogens with one attached hydrogen (secondary N) is 3. The highest BCUT2D eigenvalue weighted by molar-refractivity contribution is 14.0. The first-order valence-corrected chi connectivity index (χ1v) is 10.2. The number of likely N-dealkylation sites (N-methyl/N-ethyl adjacent to an activating group) is 1. The van der Waals surface area contributed by atoms with Crippen molar-refractivity contribution in [3.8, 4) is 11.5 Å². The predicted molar refractivity (Wildman–Crippen MR) is 129 cm³/mol. The molecule has 0 unspecified atom stereocenters. The van der Waals surface area contributed by atoms with Crippen molar-refractivity contribution in [2.24, 2.45) is 10.9 Å². The number of halogens is 1. The van der Waals surface area contributed by atoms with Gasteiger partial charge in [-0.25, -0.2) is 4.99 Å². The van der Waals surface area contributed by atoms with E-state index in [4.69, 9.17) is 9.47 Å². The second-order valence-electron chi connectivity index (χ2n) is 6.49. The van der Waals surface area contributed by atoms with Crippen LogP contribution in [0.2, 0.25) is 0 Å². The number of carbonyl (C=O) groups excluding carboxylic acids is 1. The van der Waals surface area contributed by atoms with E-state index in [1.807, 2.05) is 25.1 Å². The number of hydrogen-bond acceptors (Lipinski definition) is 4. The third-order valence-corrected chi connectivity index (χ3v) is 4.44. The van der Waals surface area contributed by atoms with Gasteiger partial charge in [-0.1, -0.05) is 32.8 Å². The van der Waals surface area contributed by atoms with Gasteiger partial charge in [0.2, 0.25) is 0 Å². The van der Waals surface area contributed by atoms with E-state index < -0.39 is 0 Å². The predicted octanol–water partition coefficient (Wildman–Crippen LogP) is 3.32. The molecule has 0 aliphatic carbocycles. The summed E-state index contributed by atoms with van der Waals surface area (Å²) in [7, 11) is 1.59. The number of guanidine groups is 1. The molecule has 0 heterocycles. The second kappa shape index (κ2) is 16.1. The van der Waals surface area contributed by atoms with Gasteiger partial charge in [0, 0.05) is 19.6 Å². The normalized spacial score (nSPS) is 10.9. The monoisotopic (exact) mass is 520 g/mol. The number of hydrogen-bond donors (Lipinski definition) is 3. The maximum absolute atomic E-state index is 11.6. The Labute approximate surface area is 192 Å². The van der Waals surface area contributed by atoms with E-state index in [0.29, 0.717) is 30.5 Å². The van der Waals surface area contributed by atoms with E-state index in [2.05, 4.69) is 41.7 Å². The summed E-state index contributed by atoms with van der Waals surface area (Å²) in [5.74, 6) is 2.43. The average Bonchev–Trinajstić information content (AvgIpc) is 2.71. The number of carbonyl (C=O) groups is 1. The van der Waals surface area contributed by atoms with Gasteiger partial charge < -0.3 is 25.4 Å². The summed E-state index contributed by atoms with van der Waals surface area (Å²) in [5, 5.41) is 9.40. The smallest absolute Gasteiger partial charge is 0.257 e. The van der Waals surface area contributed by atoms with Crippen LogP contribution in [0.25, 0.3) is 0 Å². The van der Waals surface area contributed by atoms with Crippen LogP contribution < -0.4 is 25.4 Å². The van der Waals surface area contributed by atoms with Crippen LogP contribution in [0.4, 0.5) is 0 Å². The van der Waals surface area contributed by atoms with Crippen molar-refractivity contribution in [1.82, 2.24) is 16.0 Å². The average molecular weight is 520 g/mol. The molecule has 0 bridgehead atoms. The van der Waals surface area contributed by atoms with E-state index in [0.717, 1.165) is 37.5 Å². The minimum atomic E-state index is -0.156. The zero-order chi connectivity index (χ0) is 20.8. The third kappa shape index (κ3) is 10.6. The molecule has 7 nitrogen and oxygen atoms in total. The molecule has 0 aliphatic rings. The van der Waals surface area contributed by atoms with Crippen LogP contribution in [0.3, 0.4) is 0 Å². The van der Waals surface area contributed by atoms with E-state index in [1.54, 1.807) is 7.11 Å². The van der Waals surface area contributed by atoms with E-state index in [9.17, 15) is 4.79 Å². The molecule has 1 rings (SSSR count). The molecule has 8 heteroatoms. The van der Waals surface area contributed by atoms with Gasteiger partial charge in [0.1, 0.15) is 0 Å². The molecule has 0 fully saturated rings. The molecule has 1 aromatic carbocycles. The fraction of sp³-hybridized carbons (Fsp3) is 0.619. The molecule has 0 spiro atoms. The SMILES string of the molecule is CCNC(=O)COc1ccc(CN=C(NCC)NCC(CC)CC)cc1OC.I. The maximum Gasteiger partial charge on any atom is 0.257 e. The van der Waals surface area contributed by atoms with Crippen LogP contribution in [-0.4, -0.2) is 45.2 Å². The van der Waals surface area contributed by atoms with Crippen molar-refractivity contribution < 1.29 is 14.3 Å². The van der Waals surface area contributed by atoms with Gasteiger partial charge in [0.15, 0.2) is 24.1 Å². The second-order valence-corrected chi connectivity index (χ2v) is 6.49. The van der Waals surface area contributed by atoms with Crippen molar-refractivity contribution in [2.45, 2.75) is 47.1 Å². The number of aliphatic imine (C=N–C) groups is 1. The number of benzene rings is 1. The Balaban J connectivity index is 0.00000784. The summed E-state index contributed by atoms with van der Waals surface area (Å²) in [6.45, 7) is 11.1. The van der Waals surface area contributed by atoms with E-state index in [-0.39, 0.29) is 36.5 Å². The van der Waals surface area contributed by atoms with Gasteiger partial charge >= 0.3 is 0 Å². The first-order chi connectivity index (χ1) is 13.6. The highest BCUT2D eigenvalue weighted by Gasteiger charge is 2.09. The summed E-state index contributed by atoms with van der Waals surface area (Å²) in [5.41, 5.74) is 1.00.